The molecule has 2 aromatic carbocycles. The number of Topliss-reactive ketones (excluding diaryl/α,β-unsaturated/α-hetero) is 1. The van der Waals surface area contributed by atoms with Crippen molar-refractivity contribution in [1.29, 1.82) is 0 Å². The van der Waals surface area contributed by atoms with Crippen LogP contribution in [-0.4, -0.2) is 43.4 Å². The minimum atomic E-state index is -0.732. The van der Waals surface area contributed by atoms with Crippen molar-refractivity contribution in [3.63, 3.8) is 0 Å². The Morgan fingerprint density at radius 3 is 2.44 bits per heavy atom. The van der Waals surface area contributed by atoms with Crippen molar-refractivity contribution in [3.05, 3.63) is 64.9 Å². The van der Waals surface area contributed by atoms with Gasteiger partial charge in [-0.25, -0.2) is 0 Å². The molecule has 0 saturated heterocycles. The number of aromatic hydroxyl groups is 1. The summed E-state index contributed by atoms with van der Waals surface area (Å²) >= 11 is 0. The van der Waals surface area contributed by atoms with E-state index < -0.39 is 17.8 Å². The number of phenols is 1. The highest BCUT2D eigenvalue weighted by Gasteiger charge is 2.44. The van der Waals surface area contributed by atoms with Crippen LogP contribution in [0.2, 0.25) is 0 Å². The lowest BCUT2D eigenvalue weighted by Crippen LogP contribution is -2.37. The first-order chi connectivity index (χ1) is 16.4. The third kappa shape index (κ3) is 4.30. The molecule has 0 saturated carbocycles. The lowest BCUT2D eigenvalue weighted by molar-refractivity contribution is -0.143. The van der Waals surface area contributed by atoms with Crippen molar-refractivity contribution in [1.82, 2.24) is 0 Å². The zero-order valence-corrected chi connectivity index (χ0v) is 19.8. The third-order valence-corrected chi connectivity index (χ3v) is 6.57. The summed E-state index contributed by atoms with van der Waals surface area (Å²) in [6.07, 6.45) is 0.909. The molecule has 0 aromatic heterocycles. The van der Waals surface area contributed by atoms with Gasteiger partial charge in [-0.05, 0) is 61.6 Å². The van der Waals surface area contributed by atoms with Gasteiger partial charge in [0, 0.05) is 29.3 Å². The Hall–Kier alpha value is -3.61. The molecular formula is C27H29NO6. The quantitative estimate of drug-likeness (QED) is 0.632. The summed E-state index contributed by atoms with van der Waals surface area (Å²) in [7, 11) is 2.95. The highest BCUT2D eigenvalue weighted by Crippen LogP contribution is 2.48. The van der Waals surface area contributed by atoms with Gasteiger partial charge in [0.05, 0.1) is 20.8 Å². The molecule has 7 nitrogen and oxygen atoms in total. The molecule has 178 valence electrons. The molecule has 1 aliphatic carbocycles. The third-order valence-electron chi connectivity index (χ3n) is 6.57. The van der Waals surface area contributed by atoms with E-state index in [9.17, 15) is 14.7 Å². The van der Waals surface area contributed by atoms with Crippen LogP contribution in [-0.2, 0) is 14.3 Å². The number of methoxy groups -OCH3 is 2. The Kier molecular flexibility index (Phi) is 6.72. The second-order valence-corrected chi connectivity index (χ2v) is 8.55. The van der Waals surface area contributed by atoms with Gasteiger partial charge in [-0.15, -0.1) is 0 Å². The lowest BCUT2D eigenvalue weighted by Gasteiger charge is -2.36. The van der Waals surface area contributed by atoms with Gasteiger partial charge in [-0.1, -0.05) is 18.2 Å². The number of hydrogen-bond donors (Lipinski definition) is 1. The van der Waals surface area contributed by atoms with E-state index in [0.717, 1.165) is 11.3 Å². The maximum absolute atomic E-state index is 13.6. The number of carbonyl (C=O) groups excluding carboxylic acids is 2. The van der Waals surface area contributed by atoms with Crippen LogP contribution < -0.4 is 9.47 Å². The Bertz CT molecular complexity index is 1160. The topological polar surface area (TPSA) is 94.4 Å². The molecule has 2 aromatic rings. The van der Waals surface area contributed by atoms with Gasteiger partial charge in [0.25, 0.3) is 0 Å². The highest BCUT2D eigenvalue weighted by molar-refractivity contribution is 6.09. The molecule has 1 aliphatic heterocycles. The number of ether oxygens (including phenoxy) is 3. The normalized spacial score (nSPS) is 22.1. The van der Waals surface area contributed by atoms with Gasteiger partial charge < -0.3 is 19.3 Å². The number of hydrogen-bond acceptors (Lipinski definition) is 7. The molecule has 2 aliphatic rings. The Balaban J connectivity index is 1.79. The van der Waals surface area contributed by atoms with Gasteiger partial charge in [-0.2, -0.15) is 0 Å². The van der Waals surface area contributed by atoms with E-state index in [4.69, 9.17) is 19.2 Å². The average Bonchev–Trinajstić information content (AvgIpc) is 2.84. The lowest BCUT2D eigenvalue weighted by atomic mass is 9.69. The van der Waals surface area contributed by atoms with E-state index in [-0.39, 0.29) is 17.5 Å². The molecule has 3 unspecified atom stereocenters. The maximum atomic E-state index is 13.6. The van der Waals surface area contributed by atoms with Crippen LogP contribution in [0.3, 0.4) is 0 Å². The molecule has 0 spiro atoms. The smallest absolute Gasteiger partial charge is 0.315 e. The number of ketones is 1. The molecule has 0 bridgehead atoms. The predicted octanol–water partition coefficient (Wildman–Crippen LogP) is 4.55. The summed E-state index contributed by atoms with van der Waals surface area (Å²) in [5.74, 6) is -0.723. The first-order valence-electron chi connectivity index (χ1n) is 11.4. The van der Waals surface area contributed by atoms with Crippen molar-refractivity contribution in [2.24, 2.45) is 10.9 Å². The van der Waals surface area contributed by atoms with Crippen LogP contribution in [0.25, 0.3) is 0 Å². The first-order valence-corrected chi connectivity index (χ1v) is 11.4. The fraction of sp³-hybridized carbons (Fsp3) is 0.370. The van der Waals surface area contributed by atoms with Crippen LogP contribution in [0.4, 0.5) is 0 Å². The number of nitrogens with zero attached hydrogens (tertiary/aromatic N) is 1. The van der Waals surface area contributed by atoms with Gasteiger partial charge in [0.15, 0.2) is 17.3 Å². The van der Waals surface area contributed by atoms with E-state index in [1.54, 1.807) is 26.2 Å². The Labute approximate surface area is 199 Å². The number of aliphatic imine (C=N–C) groups is 1. The summed E-state index contributed by atoms with van der Waals surface area (Å²) in [5, 5.41) is 10.2. The molecule has 34 heavy (non-hydrogen) atoms. The summed E-state index contributed by atoms with van der Waals surface area (Å²) < 4.78 is 15.9. The monoisotopic (exact) mass is 463 g/mol. The summed E-state index contributed by atoms with van der Waals surface area (Å²) in [6.45, 7) is 3.99. The SMILES string of the molecule is CCOc1cc(C2C3=C(CC(c4ccc(OC)cc4)CC3=O)N=C(C)C2C(=O)OC)ccc1O. The van der Waals surface area contributed by atoms with E-state index in [1.807, 2.05) is 31.2 Å². The Morgan fingerprint density at radius 2 is 1.79 bits per heavy atom. The number of rotatable bonds is 6. The molecule has 1 heterocycles. The predicted molar refractivity (Wildman–Crippen MR) is 128 cm³/mol. The van der Waals surface area contributed by atoms with Crippen LogP contribution in [0.1, 0.15) is 49.7 Å². The standard InChI is InChI=1S/C27H29NO6/c1-5-34-23-14-17(8-11-21(23)29)25-24(27(31)33-4)15(2)28-20-12-18(13-22(30)26(20)25)16-6-9-19(32-3)10-7-16/h6-11,14,18,24-25,29H,5,12-13H2,1-4H3. The molecule has 0 fully saturated rings. The van der Waals surface area contributed by atoms with Gasteiger partial charge in [0.2, 0.25) is 0 Å². The molecule has 3 atom stereocenters. The fourth-order valence-corrected chi connectivity index (χ4v) is 4.96. The molecule has 1 N–H and O–H groups in total. The summed E-state index contributed by atoms with van der Waals surface area (Å²) in [6, 6.07) is 12.7. The molecule has 0 amide bonds. The summed E-state index contributed by atoms with van der Waals surface area (Å²) in [4.78, 5) is 31.1. The number of allylic oxidation sites excluding steroid dienone is 2. The second kappa shape index (κ2) is 9.71. The minimum Gasteiger partial charge on any atom is -0.504 e. The highest BCUT2D eigenvalue weighted by atomic mass is 16.5. The van der Waals surface area contributed by atoms with Crippen molar-refractivity contribution in [2.45, 2.75) is 38.5 Å². The molecule has 4 rings (SSSR count). The van der Waals surface area contributed by atoms with Crippen molar-refractivity contribution in [2.75, 3.05) is 20.8 Å². The van der Waals surface area contributed by atoms with E-state index >= 15 is 0 Å². The van der Waals surface area contributed by atoms with Crippen LogP contribution in [0, 0.1) is 5.92 Å². The largest absolute Gasteiger partial charge is 0.504 e. The van der Waals surface area contributed by atoms with E-state index in [1.165, 1.54) is 13.2 Å². The van der Waals surface area contributed by atoms with Crippen molar-refractivity contribution >= 4 is 17.5 Å². The molecular weight excluding hydrogens is 434 g/mol. The zero-order chi connectivity index (χ0) is 24.4. The fourth-order valence-electron chi connectivity index (χ4n) is 4.96. The van der Waals surface area contributed by atoms with Crippen LogP contribution >= 0.6 is 0 Å². The van der Waals surface area contributed by atoms with Crippen LogP contribution in [0.5, 0.6) is 17.2 Å². The summed E-state index contributed by atoms with van der Waals surface area (Å²) in [5.41, 5.74) is 3.59. The number of carbonyl (C=O) groups is 2. The van der Waals surface area contributed by atoms with Crippen molar-refractivity contribution < 1.29 is 28.9 Å². The number of phenolic OH excluding ortho intramolecular Hbond substituents is 1. The molecule has 0 radical (unpaired) electrons. The number of esters is 1. The second-order valence-electron chi connectivity index (χ2n) is 8.55. The first kappa shape index (κ1) is 23.5. The molecule has 7 heteroatoms. The van der Waals surface area contributed by atoms with Gasteiger partial charge in [0.1, 0.15) is 11.7 Å². The van der Waals surface area contributed by atoms with Gasteiger partial charge >= 0.3 is 5.97 Å². The van der Waals surface area contributed by atoms with E-state index in [2.05, 4.69) is 0 Å². The van der Waals surface area contributed by atoms with E-state index in [0.29, 0.717) is 47.7 Å². The average molecular weight is 464 g/mol. The van der Waals surface area contributed by atoms with Crippen molar-refractivity contribution in [3.8, 4) is 17.2 Å². The zero-order valence-electron chi connectivity index (χ0n) is 19.8. The Morgan fingerprint density at radius 1 is 1.09 bits per heavy atom. The minimum absolute atomic E-state index is 0.00478. The maximum Gasteiger partial charge on any atom is 0.315 e. The van der Waals surface area contributed by atoms with Gasteiger partial charge in [-0.3, -0.25) is 14.6 Å². The van der Waals surface area contributed by atoms with Crippen LogP contribution in [0.15, 0.2) is 58.7 Å². The number of benzene rings is 2.